The van der Waals surface area contributed by atoms with Gasteiger partial charge in [0.05, 0.1) is 6.20 Å². The fraction of sp³-hybridized carbons (Fsp3) is 0.786. The van der Waals surface area contributed by atoms with E-state index in [-0.39, 0.29) is 11.1 Å². The van der Waals surface area contributed by atoms with Crippen molar-refractivity contribution >= 4 is 10.0 Å². The summed E-state index contributed by atoms with van der Waals surface area (Å²) in [5, 5.41) is 0.232. The highest BCUT2D eigenvalue weighted by atomic mass is 32.2. The highest BCUT2D eigenvalue weighted by Gasteiger charge is 2.39. The lowest BCUT2D eigenvalue weighted by Crippen LogP contribution is -2.59. The summed E-state index contributed by atoms with van der Waals surface area (Å²) in [6.07, 6.45) is 5.70. The van der Waals surface area contributed by atoms with Crippen LogP contribution >= 0.6 is 0 Å². The molecule has 0 spiro atoms. The third kappa shape index (κ3) is 2.74. The summed E-state index contributed by atoms with van der Waals surface area (Å²) in [7, 11) is -3.46. The Hall–Kier alpha value is -0.920. The minimum Gasteiger partial charge on any atom is -0.332 e. The highest BCUT2D eigenvalue weighted by Crippen LogP contribution is 2.27. The molecule has 0 saturated carbocycles. The van der Waals surface area contributed by atoms with Crippen LogP contribution in [0.3, 0.4) is 0 Å². The first kappa shape index (κ1) is 15.0. The van der Waals surface area contributed by atoms with Gasteiger partial charge in [0.25, 0.3) is 10.0 Å². The molecule has 7 heteroatoms. The van der Waals surface area contributed by atoms with E-state index in [0.29, 0.717) is 19.0 Å². The van der Waals surface area contributed by atoms with Crippen molar-refractivity contribution in [1.82, 2.24) is 19.2 Å². The topological polar surface area (TPSA) is 69.3 Å². The van der Waals surface area contributed by atoms with E-state index in [1.807, 2.05) is 13.8 Å². The molecule has 2 saturated heterocycles. The van der Waals surface area contributed by atoms with E-state index in [2.05, 4.69) is 14.9 Å². The molecule has 1 N–H and O–H groups in total. The van der Waals surface area contributed by atoms with Crippen LogP contribution < -0.4 is 0 Å². The summed E-state index contributed by atoms with van der Waals surface area (Å²) in [4.78, 5) is 9.52. The molecule has 2 aliphatic heterocycles. The van der Waals surface area contributed by atoms with Gasteiger partial charge in [0, 0.05) is 31.6 Å². The van der Waals surface area contributed by atoms with Crippen LogP contribution in [0, 0.1) is 0 Å². The Morgan fingerprint density at radius 1 is 1.38 bits per heavy atom. The maximum absolute atomic E-state index is 12.8. The second-order valence-electron chi connectivity index (χ2n) is 6.12. The normalized spacial score (nSPS) is 28.5. The zero-order chi connectivity index (χ0) is 15.0. The molecule has 21 heavy (non-hydrogen) atoms. The molecule has 0 aromatic carbocycles. The third-order valence-electron chi connectivity index (χ3n) is 4.66. The quantitative estimate of drug-likeness (QED) is 0.911. The summed E-state index contributed by atoms with van der Waals surface area (Å²) in [6, 6.07) is 0.385. The first-order valence-corrected chi connectivity index (χ1v) is 9.26. The third-order valence-corrected chi connectivity index (χ3v) is 6.55. The molecule has 1 aromatic rings. The number of aromatic nitrogens is 2. The number of sulfonamides is 1. The molecule has 2 fully saturated rings. The number of rotatable bonds is 3. The number of fused-ring (bicyclic) bond motifs is 1. The summed E-state index contributed by atoms with van der Waals surface area (Å²) in [6.45, 7) is 6.49. The number of piperidine rings is 1. The lowest BCUT2D eigenvalue weighted by molar-refractivity contribution is 0.0563. The summed E-state index contributed by atoms with van der Waals surface area (Å²) in [5.74, 6) is 0.720. The number of nitrogens with one attached hydrogen (secondary N) is 1. The lowest BCUT2D eigenvalue weighted by Gasteiger charge is -2.46. The lowest BCUT2D eigenvalue weighted by atomic mass is 9.99. The smallest absolute Gasteiger partial charge is 0.260 e. The van der Waals surface area contributed by atoms with Crippen molar-refractivity contribution < 1.29 is 8.42 Å². The van der Waals surface area contributed by atoms with Gasteiger partial charge in [0.1, 0.15) is 5.82 Å². The fourth-order valence-corrected chi connectivity index (χ4v) is 5.03. The second kappa shape index (κ2) is 5.70. The largest absolute Gasteiger partial charge is 0.332 e. The summed E-state index contributed by atoms with van der Waals surface area (Å²) < 4.78 is 27.3. The molecule has 2 atom stereocenters. The van der Waals surface area contributed by atoms with Crippen molar-refractivity contribution in [3.63, 3.8) is 0 Å². The van der Waals surface area contributed by atoms with Gasteiger partial charge in [-0.2, -0.15) is 4.31 Å². The predicted octanol–water partition coefficient (Wildman–Crippen LogP) is 1.22. The molecular weight excluding hydrogens is 288 g/mol. The van der Waals surface area contributed by atoms with Gasteiger partial charge in [0.15, 0.2) is 5.03 Å². The summed E-state index contributed by atoms with van der Waals surface area (Å²) in [5.41, 5.74) is 0. The van der Waals surface area contributed by atoms with Gasteiger partial charge in [-0.05, 0) is 26.3 Å². The van der Waals surface area contributed by atoms with Gasteiger partial charge < -0.3 is 4.98 Å². The van der Waals surface area contributed by atoms with Crippen molar-refractivity contribution in [3.05, 3.63) is 12.0 Å². The minimum atomic E-state index is -3.46. The van der Waals surface area contributed by atoms with Crippen LogP contribution in [0.25, 0.3) is 0 Å². The Bertz CT molecular complexity index is 598. The minimum absolute atomic E-state index is 0.0118. The number of H-pyrrole nitrogens is 1. The molecule has 0 bridgehead atoms. The van der Waals surface area contributed by atoms with Gasteiger partial charge in [-0.3, -0.25) is 4.90 Å². The average molecular weight is 312 g/mol. The number of hydrogen-bond acceptors (Lipinski definition) is 4. The van der Waals surface area contributed by atoms with E-state index in [1.165, 1.54) is 19.0 Å². The zero-order valence-electron chi connectivity index (χ0n) is 12.7. The Morgan fingerprint density at radius 2 is 2.19 bits per heavy atom. The van der Waals surface area contributed by atoms with Crippen LogP contribution in [0.5, 0.6) is 0 Å². The number of imidazole rings is 1. The number of piperazine rings is 1. The standard InChI is InChI=1S/C14H24N4O2S/c1-3-13-15-8-14(16-13)21(19,20)18-10-12-6-4-5-7-17(12)9-11(18)2/h8,11-12H,3-7,9-10H2,1-2H3,(H,15,16). The van der Waals surface area contributed by atoms with Crippen LogP contribution in [-0.2, 0) is 16.4 Å². The van der Waals surface area contributed by atoms with Crippen molar-refractivity contribution in [2.24, 2.45) is 0 Å². The molecule has 6 nitrogen and oxygen atoms in total. The van der Waals surface area contributed by atoms with Gasteiger partial charge in [-0.25, -0.2) is 13.4 Å². The number of nitrogens with zero attached hydrogens (tertiary/aromatic N) is 3. The average Bonchev–Trinajstić information content (AvgIpc) is 2.96. The molecule has 2 aliphatic rings. The first-order valence-electron chi connectivity index (χ1n) is 7.82. The second-order valence-corrected chi connectivity index (χ2v) is 7.97. The molecule has 3 rings (SSSR count). The van der Waals surface area contributed by atoms with Crippen LogP contribution in [0.15, 0.2) is 11.2 Å². The molecule has 3 heterocycles. The Balaban J connectivity index is 1.84. The predicted molar refractivity (Wildman–Crippen MR) is 80.5 cm³/mol. The van der Waals surface area contributed by atoms with E-state index < -0.39 is 10.0 Å². The molecule has 0 amide bonds. The molecule has 2 unspecified atom stereocenters. The van der Waals surface area contributed by atoms with Crippen molar-refractivity contribution in [1.29, 1.82) is 0 Å². The number of hydrogen-bond donors (Lipinski definition) is 1. The SMILES string of the molecule is CCc1ncc(S(=O)(=O)N2CC3CCCCN3CC2C)[nH]1. The van der Waals surface area contributed by atoms with E-state index in [9.17, 15) is 8.42 Å². The van der Waals surface area contributed by atoms with E-state index >= 15 is 0 Å². The summed E-state index contributed by atoms with van der Waals surface area (Å²) >= 11 is 0. The number of aromatic amines is 1. The Labute approximate surface area is 126 Å². The van der Waals surface area contributed by atoms with E-state index in [0.717, 1.165) is 25.3 Å². The maximum atomic E-state index is 12.8. The zero-order valence-corrected chi connectivity index (χ0v) is 13.6. The van der Waals surface area contributed by atoms with Crippen molar-refractivity contribution in [2.45, 2.75) is 56.6 Å². The first-order chi connectivity index (χ1) is 10.0. The van der Waals surface area contributed by atoms with E-state index in [4.69, 9.17) is 0 Å². The number of aryl methyl sites for hydroxylation is 1. The van der Waals surface area contributed by atoms with Crippen LogP contribution in [0.1, 0.15) is 38.9 Å². The Kier molecular flexibility index (Phi) is 4.07. The molecule has 0 radical (unpaired) electrons. The molecule has 118 valence electrons. The maximum Gasteiger partial charge on any atom is 0.260 e. The molecule has 0 aliphatic carbocycles. The van der Waals surface area contributed by atoms with Gasteiger partial charge >= 0.3 is 0 Å². The molecular formula is C14H24N4O2S. The Morgan fingerprint density at radius 3 is 2.90 bits per heavy atom. The van der Waals surface area contributed by atoms with Gasteiger partial charge in [-0.1, -0.05) is 13.3 Å². The van der Waals surface area contributed by atoms with E-state index in [1.54, 1.807) is 4.31 Å². The van der Waals surface area contributed by atoms with Gasteiger partial charge in [-0.15, -0.1) is 0 Å². The van der Waals surface area contributed by atoms with Gasteiger partial charge in [0.2, 0.25) is 0 Å². The van der Waals surface area contributed by atoms with Crippen molar-refractivity contribution in [2.75, 3.05) is 19.6 Å². The van der Waals surface area contributed by atoms with Crippen molar-refractivity contribution in [3.8, 4) is 0 Å². The van der Waals surface area contributed by atoms with Crippen LogP contribution in [-0.4, -0.2) is 59.3 Å². The van der Waals surface area contributed by atoms with Crippen LogP contribution in [0.2, 0.25) is 0 Å². The highest BCUT2D eigenvalue weighted by molar-refractivity contribution is 7.89. The monoisotopic (exact) mass is 312 g/mol. The van der Waals surface area contributed by atoms with Crippen LogP contribution in [0.4, 0.5) is 0 Å². The molecule has 1 aromatic heterocycles. The fourth-order valence-electron chi connectivity index (χ4n) is 3.44.